The van der Waals surface area contributed by atoms with Gasteiger partial charge in [-0.05, 0) is 43.4 Å². The van der Waals surface area contributed by atoms with Gasteiger partial charge in [-0.1, -0.05) is 32.8 Å². The fourth-order valence-corrected chi connectivity index (χ4v) is 4.48. The molecule has 0 aliphatic heterocycles. The predicted octanol–water partition coefficient (Wildman–Crippen LogP) is 2.77. The third kappa shape index (κ3) is 6.75. The first-order chi connectivity index (χ1) is 12.2. The Kier molecular flexibility index (Phi) is 9.21. The molecule has 1 amide bonds. The molecule has 0 heterocycles. The zero-order valence-electron chi connectivity index (χ0n) is 16.3. The topological polar surface area (TPSA) is 92.5 Å². The second-order valence-electron chi connectivity index (χ2n) is 7.55. The van der Waals surface area contributed by atoms with E-state index in [9.17, 15) is 13.2 Å². The SMILES string of the molecule is CC(C)C(N)CCN(C)C(=O)c1cccc(S(=O)(=O)NC2CCCC2)c1.Cl. The van der Waals surface area contributed by atoms with Gasteiger partial charge in [-0.3, -0.25) is 4.79 Å². The van der Waals surface area contributed by atoms with Gasteiger partial charge < -0.3 is 10.6 Å². The number of nitrogens with zero attached hydrogens (tertiary/aromatic N) is 1. The Morgan fingerprint density at radius 2 is 1.93 bits per heavy atom. The van der Waals surface area contributed by atoms with Crippen LogP contribution < -0.4 is 10.5 Å². The molecule has 0 spiro atoms. The summed E-state index contributed by atoms with van der Waals surface area (Å²) in [5.41, 5.74) is 6.41. The average molecular weight is 418 g/mol. The first-order valence-electron chi connectivity index (χ1n) is 9.34. The van der Waals surface area contributed by atoms with E-state index < -0.39 is 10.0 Å². The van der Waals surface area contributed by atoms with Crippen LogP contribution in [0.15, 0.2) is 29.2 Å². The Morgan fingerprint density at radius 1 is 1.30 bits per heavy atom. The number of sulfonamides is 1. The zero-order valence-corrected chi connectivity index (χ0v) is 18.0. The normalized spacial score (nSPS) is 16.2. The van der Waals surface area contributed by atoms with E-state index in [1.165, 1.54) is 12.1 Å². The number of nitrogens with one attached hydrogen (secondary N) is 1. The lowest BCUT2D eigenvalue weighted by atomic mass is 10.0. The molecule has 2 rings (SSSR count). The van der Waals surface area contributed by atoms with Crippen molar-refractivity contribution in [3.8, 4) is 0 Å². The van der Waals surface area contributed by atoms with Crippen LogP contribution in [-0.2, 0) is 10.0 Å². The number of amides is 1. The quantitative estimate of drug-likeness (QED) is 0.680. The van der Waals surface area contributed by atoms with Gasteiger partial charge in [0.05, 0.1) is 4.90 Å². The van der Waals surface area contributed by atoms with E-state index in [1.54, 1.807) is 24.1 Å². The van der Waals surface area contributed by atoms with Crippen LogP contribution >= 0.6 is 12.4 Å². The highest BCUT2D eigenvalue weighted by atomic mass is 35.5. The summed E-state index contributed by atoms with van der Waals surface area (Å²) < 4.78 is 27.9. The molecule has 6 nitrogen and oxygen atoms in total. The number of carbonyl (C=O) groups excluding carboxylic acids is 1. The Morgan fingerprint density at radius 3 is 2.52 bits per heavy atom. The summed E-state index contributed by atoms with van der Waals surface area (Å²) in [4.78, 5) is 14.4. The number of hydrogen-bond acceptors (Lipinski definition) is 4. The molecule has 0 radical (unpaired) electrons. The van der Waals surface area contributed by atoms with Gasteiger partial charge in [-0.2, -0.15) is 0 Å². The Labute approximate surface area is 169 Å². The molecule has 0 bridgehead atoms. The molecule has 0 saturated heterocycles. The number of carbonyl (C=O) groups is 1. The summed E-state index contributed by atoms with van der Waals surface area (Å²) in [5, 5.41) is 0. The van der Waals surface area contributed by atoms with Crippen LogP contribution in [0.25, 0.3) is 0 Å². The molecule has 1 aromatic rings. The largest absolute Gasteiger partial charge is 0.342 e. The van der Waals surface area contributed by atoms with Gasteiger partial charge in [-0.25, -0.2) is 13.1 Å². The number of rotatable bonds is 8. The van der Waals surface area contributed by atoms with E-state index in [1.807, 2.05) is 0 Å². The van der Waals surface area contributed by atoms with E-state index in [-0.39, 0.29) is 35.3 Å². The van der Waals surface area contributed by atoms with Gasteiger partial charge in [-0.15, -0.1) is 12.4 Å². The van der Waals surface area contributed by atoms with Crippen molar-refractivity contribution >= 4 is 28.3 Å². The highest BCUT2D eigenvalue weighted by Gasteiger charge is 2.24. The van der Waals surface area contributed by atoms with E-state index in [0.717, 1.165) is 25.7 Å². The van der Waals surface area contributed by atoms with Gasteiger partial charge in [0.25, 0.3) is 5.91 Å². The predicted molar refractivity (Wildman–Crippen MR) is 111 cm³/mol. The van der Waals surface area contributed by atoms with Crippen molar-refractivity contribution in [3.63, 3.8) is 0 Å². The molecule has 154 valence electrons. The van der Waals surface area contributed by atoms with Gasteiger partial charge in [0.2, 0.25) is 10.0 Å². The van der Waals surface area contributed by atoms with Gasteiger partial charge in [0.1, 0.15) is 0 Å². The smallest absolute Gasteiger partial charge is 0.253 e. The van der Waals surface area contributed by atoms with Crippen molar-refractivity contribution in [1.29, 1.82) is 0 Å². The second kappa shape index (κ2) is 10.4. The van der Waals surface area contributed by atoms with Crippen molar-refractivity contribution < 1.29 is 13.2 Å². The minimum absolute atomic E-state index is 0. The van der Waals surface area contributed by atoms with Crippen LogP contribution in [-0.4, -0.2) is 44.9 Å². The molecule has 27 heavy (non-hydrogen) atoms. The van der Waals surface area contributed by atoms with E-state index in [2.05, 4.69) is 18.6 Å². The van der Waals surface area contributed by atoms with Crippen LogP contribution in [0.2, 0.25) is 0 Å². The molecule has 1 unspecified atom stereocenters. The maximum absolute atomic E-state index is 12.6. The van der Waals surface area contributed by atoms with Crippen molar-refractivity contribution in [1.82, 2.24) is 9.62 Å². The summed E-state index contributed by atoms with van der Waals surface area (Å²) in [6.07, 6.45) is 4.55. The van der Waals surface area contributed by atoms with E-state index in [0.29, 0.717) is 24.4 Å². The molecule has 8 heteroatoms. The summed E-state index contributed by atoms with van der Waals surface area (Å²) in [6, 6.07) is 6.29. The number of halogens is 1. The lowest BCUT2D eigenvalue weighted by Gasteiger charge is -2.22. The van der Waals surface area contributed by atoms with Crippen LogP contribution in [0.4, 0.5) is 0 Å². The fraction of sp³-hybridized carbons (Fsp3) is 0.632. The van der Waals surface area contributed by atoms with Crippen molar-refractivity contribution in [2.45, 2.75) is 62.9 Å². The van der Waals surface area contributed by atoms with E-state index in [4.69, 9.17) is 5.73 Å². The summed E-state index contributed by atoms with van der Waals surface area (Å²) in [5.74, 6) is 0.160. The first kappa shape index (κ1) is 23.9. The summed E-state index contributed by atoms with van der Waals surface area (Å²) in [6.45, 7) is 4.64. The monoisotopic (exact) mass is 417 g/mol. The van der Waals surface area contributed by atoms with Crippen LogP contribution in [0.1, 0.15) is 56.3 Å². The van der Waals surface area contributed by atoms with Crippen LogP contribution in [0, 0.1) is 5.92 Å². The molecule has 1 aliphatic rings. The highest BCUT2D eigenvalue weighted by molar-refractivity contribution is 7.89. The Hall–Kier alpha value is -1.15. The molecule has 1 fully saturated rings. The Balaban J connectivity index is 0.00000364. The minimum Gasteiger partial charge on any atom is -0.342 e. The van der Waals surface area contributed by atoms with E-state index >= 15 is 0 Å². The summed E-state index contributed by atoms with van der Waals surface area (Å²) >= 11 is 0. The molecule has 1 saturated carbocycles. The number of benzene rings is 1. The maximum Gasteiger partial charge on any atom is 0.253 e. The standard InChI is InChI=1S/C19H31N3O3S.ClH/c1-14(2)18(20)11-12-22(3)19(23)15-7-6-10-17(13-15)26(24,25)21-16-8-4-5-9-16;/h6-7,10,13-14,16,18,21H,4-5,8-9,11-12,20H2,1-3H3;1H. The van der Waals surface area contributed by atoms with Gasteiger partial charge in [0, 0.05) is 31.2 Å². The third-order valence-electron chi connectivity index (χ3n) is 5.07. The zero-order chi connectivity index (χ0) is 19.3. The van der Waals surface area contributed by atoms with Crippen molar-refractivity contribution in [2.75, 3.05) is 13.6 Å². The minimum atomic E-state index is -3.60. The molecule has 0 aromatic heterocycles. The first-order valence-corrected chi connectivity index (χ1v) is 10.8. The van der Waals surface area contributed by atoms with Crippen molar-refractivity contribution in [3.05, 3.63) is 29.8 Å². The third-order valence-corrected chi connectivity index (χ3v) is 6.59. The van der Waals surface area contributed by atoms with Crippen molar-refractivity contribution in [2.24, 2.45) is 11.7 Å². The molecule has 1 atom stereocenters. The lowest BCUT2D eigenvalue weighted by Crippen LogP contribution is -2.35. The molecular formula is C19H32ClN3O3S. The highest BCUT2D eigenvalue weighted by Crippen LogP contribution is 2.21. The number of hydrogen-bond donors (Lipinski definition) is 2. The molecule has 1 aliphatic carbocycles. The van der Waals surface area contributed by atoms with Crippen LogP contribution in [0.5, 0.6) is 0 Å². The van der Waals surface area contributed by atoms with Crippen LogP contribution in [0.3, 0.4) is 0 Å². The Bertz CT molecular complexity index is 719. The molecule has 3 N–H and O–H groups in total. The summed E-state index contributed by atoms with van der Waals surface area (Å²) in [7, 11) is -1.89. The number of nitrogens with two attached hydrogens (primary N) is 1. The maximum atomic E-state index is 12.6. The second-order valence-corrected chi connectivity index (χ2v) is 9.27. The van der Waals surface area contributed by atoms with Gasteiger partial charge in [0.15, 0.2) is 0 Å². The molecular weight excluding hydrogens is 386 g/mol. The van der Waals surface area contributed by atoms with Gasteiger partial charge >= 0.3 is 0 Å². The average Bonchev–Trinajstić information content (AvgIpc) is 3.10. The lowest BCUT2D eigenvalue weighted by molar-refractivity contribution is 0.0789. The fourth-order valence-electron chi connectivity index (χ4n) is 3.13. The molecule has 1 aromatic carbocycles.